The molecule has 1 spiro atoms. The number of allylic oxidation sites excluding steroid dienone is 5. The van der Waals surface area contributed by atoms with Crippen LogP contribution in [0.3, 0.4) is 0 Å². The van der Waals surface area contributed by atoms with Gasteiger partial charge in [0.05, 0.1) is 0 Å². The van der Waals surface area contributed by atoms with Gasteiger partial charge in [0.15, 0.2) is 5.78 Å². The highest BCUT2D eigenvalue weighted by atomic mass is 16.6. The maximum Gasteiger partial charge on any atom is 0.306 e. The molecule has 26 heavy (non-hydrogen) atoms. The molecular weight excluding hydrogens is 324 g/mol. The van der Waals surface area contributed by atoms with E-state index in [9.17, 15) is 9.59 Å². The molecule has 3 nitrogen and oxygen atoms in total. The molecular formula is C23H26O3. The second kappa shape index (κ2) is 4.43. The van der Waals surface area contributed by atoms with Crippen molar-refractivity contribution in [1.82, 2.24) is 0 Å². The summed E-state index contributed by atoms with van der Waals surface area (Å²) < 4.78 is 6.09. The van der Waals surface area contributed by atoms with Crippen molar-refractivity contribution in [3.63, 3.8) is 0 Å². The Morgan fingerprint density at radius 2 is 1.96 bits per heavy atom. The predicted molar refractivity (Wildman–Crippen MR) is 96.9 cm³/mol. The minimum Gasteiger partial charge on any atom is -0.458 e. The number of esters is 1. The third kappa shape index (κ3) is 1.54. The zero-order valence-corrected chi connectivity index (χ0v) is 15.5. The molecule has 2 saturated carbocycles. The van der Waals surface area contributed by atoms with E-state index in [0.29, 0.717) is 42.4 Å². The smallest absolute Gasteiger partial charge is 0.306 e. The topological polar surface area (TPSA) is 43.4 Å². The lowest BCUT2D eigenvalue weighted by atomic mass is 9.49. The van der Waals surface area contributed by atoms with Crippen molar-refractivity contribution in [2.45, 2.75) is 51.6 Å². The summed E-state index contributed by atoms with van der Waals surface area (Å²) in [6.07, 6.45) is 15.7. The number of hydrogen-bond donors (Lipinski definition) is 0. The fourth-order valence-corrected chi connectivity index (χ4v) is 7.73. The average Bonchev–Trinajstić information content (AvgIpc) is 3.24. The van der Waals surface area contributed by atoms with Gasteiger partial charge in [0, 0.05) is 24.2 Å². The second-order valence-corrected chi connectivity index (χ2v) is 9.98. The first-order chi connectivity index (χ1) is 12.4. The van der Waals surface area contributed by atoms with Gasteiger partial charge < -0.3 is 4.74 Å². The average molecular weight is 350 g/mol. The van der Waals surface area contributed by atoms with Crippen LogP contribution in [0.1, 0.15) is 46.0 Å². The first-order valence-electron chi connectivity index (χ1n) is 10.2. The van der Waals surface area contributed by atoms with Crippen molar-refractivity contribution >= 4 is 11.8 Å². The van der Waals surface area contributed by atoms with E-state index in [1.807, 2.05) is 6.08 Å². The van der Waals surface area contributed by atoms with Crippen molar-refractivity contribution < 1.29 is 14.3 Å². The van der Waals surface area contributed by atoms with E-state index in [1.165, 1.54) is 12.0 Å². The maximum absolute atomic E-state index is 12.0. The highest BCUT2D eigenvalue weighted by Gasteiger charge is 2.78. The molecule has 0 bridgehead atoms. The van der Waals surface area contributed by atoms with Crippen LogP contribution in [0.25, 0.3) is 0 Å². The van der Waals surface area contributed by atoms with E-state index < -0.39 is 0 Å². The third-order valence-corrected chi connectivity index (χ3v) is 9.08. The molecule has 0 aromatic rings. The second-order valence-electron chi connectivity index (χ2n) is 9.98. The molecule has 0 N–H and O–H groups in total. The molecule has 0 aromatic heterocycles. The normalized spacial score (nSPS) is 55.8. The van der Waals surface area contributed by atoms with E-state index in [0.717, 1.165) is 12.8 Å². The zero-order chi connectivity index (χ0) is 17.9. The van der Waals surface area contributed by atoms with Crippen LogP contribution in [-0.4, -0.2) is 17.4 Å². The quantitative estimate of drug-likeness (QED) is 0.490. The Balaban J connectivity index is 1.48. The third-order valence-electron chi connectivity index (χ3n) is 9.08. The lowest BCUT2D eigenvalue weighted by Gasteiger charge is -2.55. The van der Waals surface area contributed by atoms with Gasteiger partial charge in [0.1, 0.15) is 5.60 Å². The molecule has 6 aliphatic rings. The molecule has 0 amide bonds. The van der Waals surface area contributed by atoms with Gasteiger partial charge in [-0.05, 0) is 60.0 Å². The lowest BCUT2D eigenvalue weighted by molar-refractivity contribution is -0.161. The highest BCUT2D eigenvalue weighted by Crippen LogP contribution is 2.77. The minimum atomic E-state index is -0.256. The highest BCUT2D eigenvalue weighted by molar-refractivity contribution is 5.92. The SMILES string of the molecule is CC12CCC(=O)C=C1C=CC1C2C=CC2(C)C1C1CC1[C@@]21CCC(=O)O1. The first-order valence-corrected chi connectivity index (χ1v) is 10.2. The molecule has 3 heteroatoms. The molecule has 1 heterocycles. The number of rotatable bonds is 0. The lowest BCUT2D eigenvalue weighted by Crippen LogP contribution is -2.53. The summed E-state index contributed by atoms with van der Waals surface area (Å²) in [6, 6.07) is 0. The van der Waals surface area contributed by atoms with Crippen LogP contribution >= 0.6 is 0 Å². The van der Waals surface area contributed by atoms with Crippen LogP contribution in [0.2, 0.25) is 0 Å². The Morgan fingerprint density at radius 3 is 2.73 bits per heavy atom. The predicted octanol–water partition coefficient (Wildman–Crippen LogP) is 4.00. The van der Waals surface area contributed by atoms with Crippen LogP contribution in [-0.2, 0) is 14.3 Å². The molecule has 3 fully saturated rings. The molecule has 7 unspecified atom stereocenters. The van der Waals surface area contributed by atoms with Gasteiger partial charge in [-0.3, -0.25) is 9.59 Å². The Kier molecular flexibility index (Phi) is 2.63. The molecule has 136 valence electrons. The monoisotopic (exact) mass is 350 g/mol. The van der Waals surface area contributed by atoms with E-state index in [4.69, 9.17) is 4.74 Å². The van der Waals surface area contributed by atoms with Crippen molar-refractivity contribution in [3.05, 3.63) is 36.0 Å². The summed E-state index contributed by atoms with van der Waals surface area (Å²) in [5.41, 5.74) is 0.988. The van der Waals surface area contributed by atoms with Gasteiger partial charge in [-0.25, -0.2) is 0 Å². The molecule has 0 aromatic carbocycles. The summed E-state index contributed by atoms with van der Waals surface area (Å²) in [4.78, 5) is 24.0. The Labute approximate surface area is 154 Å². The van der Waals surface area contributed by atoms with Gasteiger partial charge >= 0.3 is 5.97 Å². The Bertz CT molecular complexity index is 834. The van der Waals surface area contributed by atoms with Crippen molar-refractivity contribution in [2.75, 3.05) is 0 Å². The maximum atomic E-state index is 12.0. The van der Waals surface area contributed by atoms with Gasteiger partial charge in [-0.2, -0.15) is 0 Å². The fraction of sp³-hybridized carbons (Fsp3) is 0.652. The van der Waals surface area contributed by atoms with Gasteiger partial charge in [-0.1, -0.05) is 38.2 Å². The van der Waals surface area contributed by atoms with Crippen LogP contribution in [0.15, 0.2) is 36.0 Å². The van der Waals surface area contributed by atoms with Gasteiger partial charge in [0.2, 0.25) is 0 Å². The summed E-state index contributed by atoms with van der Waals surface area (Å²) >= 11 is 0. The van der Waals surface area contributed by atoms with Crippen LogP contribution < -0.4 is 0 Å². The Morgan fingerprint density at radius 1 is 1.12 bits per heavy atom. The van der Waals surface area contributed by atoms with Gasteiger partial charge in [-0.15, -0.1) is 0 Å². The Hall–Kier alpha value is -1.64. The van der Waals surface area contributed by atoms with Crippen LogP contribution in [0.4, 0.5) is 0 Å². The van der Waals surface area contributed by atoms with E-state index in [-0.39, 0.29) is 28.2 Å². The summed E-state index contributed by atoms with van der Waals surface area (Å²) in [5.74, 6) is 3.01. The molecule has 1 saturated heterocycles. The minimum absolute atomic E-state index is 0.00444. The number of hydrogen-bond acceptors (Lipinski definition) is 3. The first kappa shape index (κ1) is 15.4. The number of carbonyl (C=O) groups is 2. The fourth-order valence-electron chi connectivity index (χ4n) is 7.73. The van der Waals surface area contributed by atoms with Gasteiger partial charge in [0.25, 0.3) is 0 Å². The van der Waals surface area contributed by atoms with Crippen molar-refractivity contribution in [1.29, 1.82) is 0 Å². The summed E-state index contributed by atoms with van der Waals surface area (Å²) in [7, 11) is 0. The number of fused-ring (bicyclic) bond motifs is 9. The molecule has 1 aliphatic heterocycles. The van der Waals surface area contributed by atoms with E-state index in [2.05, 4.69) is 38.2 Å². The molecule has 8 atom stereocenters. The number of ketones is 1. The van der Waals surface area contributed by atoms with Crippen LogP contribution in [0.5, 0.6) is 0 Å². The zero-order valence-electron chi connectivity index (χ0n) is 15.5. The number of ether oxygens (including phenoxy) is 1. The summed E-state index contributed by atoms with van der Waals surface area (Å²) in [6.45, 7) is 4.70. The largest absolute Gasteiger partial charge is 0.458 e. The summed E-state index contributed by atoms with van der Waals surface area (Å²) in [5, 5.41) is 0. The van der Waals surface area contributed by atoms with Crippen molar-refractivity contribution in [2.24, 2.45) is 40.4 Å². The van der Waals surface area contributed by atoms with Crippen molar-refractivity contribution in [3.8, 4) is 0 Å². The standard InChI is InChI=1S/C23H26O3/c1-21-8-5-14(24)11-13(21)3-4-15-17(21)6-9-22(2)20(15)16-12-18(16)23(22)10-7-19(25)26-23/h3-4,6,9,11,15-18,20H,5,7-8,10,12H2,1-2H3/t15?,16?,17?,18?,20?,21?,22?,23-/m0/s1. The van der Waals surface area contributed by atoms with E-state index in [1.54, 1.807) is 0 Å². The number of carbonyl (C=O) groups excluding carboxylic acids is 2. The molecule has 5 aliphatic carbocycles. The van der Waals surface area contributed by atoms with Crippen LogP contribution in [0, 0.1) is 40.4 Å². The molecule has 6 rings (SSSR count). The molecule has 0 radical (unpaired) electrons. The van der Waals surface area contributed by atoms with E-state index >= 15 is 0 Å².